The molecule has 0 heterocycles. The number of likely N-dealkylation sites (N-methyl/N-ethyl adjacent to an activating group) is 1. The molecule has 0 atom stereocenters. The molecule has 0 saturated carbocycles. The summed E-state index contributed by atoms with van der Waals surface area (Å²) in [7, 11) is 2.87. The number of halogens is 3. The van der Waals surface area contributed by atoms with E-state index in [9.17, 15) is 27.6 Å². The Morgan fingerprint density at radius 3 is 2.35 bits per heavy atom. The number of benzene rings is 1. The number of carbonyl (C=O) groups excluding carboxylic acids is 2. The van der Waals surface area contributed by atoms with Crippen molar-refractivity contribution >= 4 is 23.5 Å². The third-order valence-electron chi connectivity index (χ3n) is 2.58. The van der Waals surface area contributed by atoms with Gasteiger partial charge in [0.05, 0.1) is 11.3 Å². The Morgan fingerprint density at radius 2 is 1.87 bits per heavy atom. The van der Waals surface area contributed by atoms with Gasteiger partial charge in [0, 0.05) is 14.1 Å². The van der Waals surface area contributed by atoms with E-state index in [-0.39, 0.29) is 11.3 Å². The molecule has 2 amide bonds. The number of carboxylic acid groups (broad SMARTS) is 1. The highest BCUT2D eigenvalue weighted by Crippen LogP contribution is 2.28. The number of nitrogens with one attached hydrogen (secondary N) is 1. The molecule has 0 aromatic heterocycles. The smallest absolute Gasteiger partial charge is 0.471 e. The molecule has 10 heteroatoms. The van der Waals surface area contributed by atoms with Crippen LogP contribution in [0, 0.1) is 0 Å². The Morgan fingerprint density at radius 1 is 1.26 bits per heavy atom. The van der Waals surface area contributed by atoms with Crippen LogP contribution in [-0.2, 0) is 9.59 Å². The second kappa shape index (κ2) is 6.99. The zero-order chi connectivity index (χ0) is 17.8. The third kappa shape index (κ3) is 5.16. The fourth-order valence-electron chi connectivity index (χ4n) is 1.34. The van der Waals surface area contributed by atoms with E-state index in [1.165, 1.54) is 19.0 Å². The summed E-state index contributed by atoms with van der Waals surface area (Å²) in [6, 6.07) is 2.86. The first kappa shape index (κ1) is 18.3. The number of ether oxygens (including phenoxy) is 1. The summed E-state index contributed by atoms with van der Waals surface area (Å²) in [4.78, 5) is 34.5. The summed E-state index contributed by atoms with van der Waals surface area (Å²) < 4.78 is 41.9. The van der Waals surface area contributed by atoms with Crippen molar-refractivity contribution in [3.05, 3.63) is 23.8 Å². The summed E-state index contributed by atoms with van der Waals surface area (Å²) in [6.07, 6.45) is -5.12. The van der Waals surface area contributed by atoms with Crippen molar-refractivity contribution in [2.24, 2.45) is 0 Å². The van der Waals surface area contributed by atoms with Gasteiger partial charge in [-0.3, -0.25) is 9.59 Å². The number of aromatic carboxylic acids is 1. The number of hydrogen-bond donors (Lipinski definition) is 2. The maximum Gasteiger partial charge on any atom is 0.471 e. The lowest BCUT2D eigenvalue weighted by atomic mass is 10.2. The molecule has 1 aromatic carbocycles. The first-order valence-corrected chi connectivity index (χ1v) is 6.11. The fraction of sp³-hybridized carbons (Fsp3) is 0.308. The molecule has 23 heavy (non-hydrogen) atoms. The van der Waals surface area contributed by atoms with Crippen LogP contribution in [0.3, 0.4) is 0 Å². The minimum absolute atomic E-state index is 0.276. The molecule has 0 saturated heterocycles. The van der Waals surface area contributed by atoms with Crippen LogP contribution in [0.1, 0.15) is 10.4 Å². The predicted molar refractivity (Wildman–Crippen MR) is 72.3 cm³/mol. The number of carbonyl (C=O) groups is 3. The highest BCUT2D eigenvalue weighted by Gasteiger charge is 2.39. The van der Waals surface area contributed by atoms with Gasteiger partial charge in [-0.1, -0.05) is 0 Å². The van der Waals surface area contributed by atoms with Gasteiger partial charge < -0.3 is 20.1 Å². The molecule has 0 spiro atoms. The lowest BCUT2D eigenvalue weighted by molar-refractivity contribution is -0.167. The van der Waals surface area contributed by atoms with E-state index in [4.69, 9.17) is 9.84 Å². The Labute approximate surface area is 128 Å². The molecule has 7 nitrogen and oxygen atoms in total. The zero-order valence-corrected chi connectivity index (χ0v) is 12.1. The van der Waals surface area contributed by atoms with E-state index >= 15 is 0 Å². The first-order chi connectivity index (χ1) is 10.5. The normalized spacial score (nSPS) is 10.8. The molecular formula is C13H13F3N2O5. The topological polar surface area (TPSA) is 95.9 Å². The molecule has 0 aliphatic heterocycles. The van der Waals surface area contributed by atoms with Crippen LogP contribution >= 0.6 is 0 Å². The van der Waals surface area contributed by atoms with Crippen molar-refractivity contribution in [1.82, 2.24) is 4.90 Å². The molecule has 0 bridgehead atoms. The molecule has 0 fully saturated rings. The van der Waals surface area contributed by atoms with Crippen molar-refractivity contribution in [2.75, 3.05) is 26.0 Å². The molecule has 0 radical (unpaired) electrons. The maximum absolute atomic E-state index is 12.3. The van der Waals surface area contributed by atoms with Crippen LogP contribution in [0.2, 0.25) is 0 Å². The van der Waals surface area contributed by atoms with E-state index in [0.29, 0.717) is 0 Å². The Balaban J connectivity index is 3.06. The molecule has 126 valence electrons. The molecule has 0 unspecified atom stereocenters. The van der Waals surface area contributed by atoms with E-state index in [0.717, 1.165) is 18.2 Å². The number of amides is 2. The molecule has 0 aliphatic rings. The average molecular weight is 334 g/mol. The number of carboxylic acids is 1. The van der Waals surface area contributed by atoms with Crippen LogP contribution in [0.25, 0.3) is 0 Å². The SMILES string of the molecule is CN(C)C(=O)COc1cc(C(=O)O)ccc1NC(=O)C(F)(F)F. The number of anilines is 1. The number of alkyl halides is 3. The minimum atomic E-state index is -5.12. The zero-order valence-electron chi connectivity index (χ0n) is 12.1. The fourth-order valence-corrected chi connectivity index (χ4v) is 1.34. The van der Waals surface area contributed by atoms with Gasteiger partial charge >= 0.3 is 18.1 Å². The largest absolute Gasteiger partial charge is 0.482 e. The highest BCUT2D eigenvalue weighted by atomic mass is 19.4. The minimum Gasteiger partial charge on any atom is -0.482 e. The monoisotopic (exact) mass is 334 g/mol. The van der Waals surface area contributed by atoms with Gasteiger partial charge in [-0.15, -0.1) is 0 Å². The van der Waals surface area contributed by atoms with Gasteiger partial charge in [0.15, 0.2) is 6.61 Å². The van der Waals surface area contributed by atoms with Gasteiger partial charge in [-0.05, 0) is 18.2 Å². The summed E-state index contributed by atoms with van der Waals surface area (Å²) in [5.41, 5.74) is -0.675. The Kier molecular flexibility index (Phi) is 5.55. The van der Waals surface area contributed by atoms with Crippen molar-refractivity contribution in [2.45, 2.75) is 6.18 Å². The van der Waals surface area contributed by atoms with E-state index < -0.39 is 36.3 Å². The van der Waals surface area contributed by atoms with Crippen LogP contribution in [-0.4, -0.2) is 54.7 Å². The molecule has 0 aliphatic carbocycles. The van der Waals surface area contributed by atoms with E-state index in [1.54, 1.807) is 5.32 Å². The van der Waals surface area contributed by atoms with Crippen molar-refractivity contribution in [1.29, 1.82) is 0 Å². The van der Waals surface area contributed by atoms with Crippen LogP contribution < -0.4 is 10.1 Å². The van der Waals surface area contributed by atoms with Gasteiger partial charge in [0.25, 0.3) is 5.91 Å². The average Bonchev–Trinajstić information content (AvgIpc) is 2.44. The molecule has 1 aromatic rings. The lowest BCUT2D eigenvalue weighted by Crippen LogP contribution is -2.31. The second-order valence-electron chi connectivity index (χ2n) is 4.54. The van der Waals surface area contributed by atoms with Gasteiger partial charge in [0.2, 0.25) is 0 Å². The summed E-state index contributed by atoms with van der Waals surface area (Å²) >= 11 is 0. The molecule has 1 rings (SSSR count). The van der Waals surface area contributed by atoms with Crippen LogP contribution in [0.4, 0.5) is 18.9 Å². The van der Waals surface area contributed by atoms with Crippen molar-refractivity contribution in [3.8, 4) is 5.75 Å². The highest BCUT2D eigenvalue weighted by molar-refractivity contribution is 5.97. The summed E-state index contributed by atoms with van der Waals surface area (Å²) in [6.45, 7) is -0.537. The maximum atomic E-state index is 12.3. The van der Waals surface area contributed by atoms with E-state index in [1.807, 2.05) is 0 Å². The Bertz CT molecular complexity index is 629. The van der Waals surface area contributed by atoms with Crippen molar-refractivity contribution < 1.29 is 37.4 Å². The summed E-state index contributed by atoms with van der Waals surface area (Å²) in [5.74, 6) is -4.46. The van der Waals surface area contributed by atoms with Crippen molar-refractivity contribution in [3.63, 3.8) is 0 Å². The van der Waals surface area contributed by atoms with Gasteiger partial charge in [-0.2, -0.15) is 13.2 Å². The van der Waals surface area contributed by atoms with Gasteiger partial charge in [0.1, 0.15) is 5.75 Å². The van der Waals surface area contributed by atoms with Crippen LogP contribution in [0.5, 0.6) is 5.75 Å². The Hall–Kier alpha value is -2.78. The summed E-state index contributed by atoms with van der Waals surface area (Å²) in [5, 5.41) is 10.4. The number of rotatable bonds is 5. The number of hydrogen-bond acceptors (Lipinski definition) is 4. The van der Waals surface area contributed by atoms with Crippen LogP contribution in [0.15, 0.2) is 18.2 Å². The van der Waals surface area contributed by atoms with E-state index in [2.05, 4.69) is 0 Å². The lowest BCUT2D eigenvalue weighted by Gasteiger charge is -2.15. The standard InChI is InChI=1S/C13H13F3N2O5/c1-18(2)10(19)6-23-9-5-7(11(20)21)3-4-8(9)17-12(22)13(14,15)16/h3-5H,6H2,1-2H3,(H,17,22)(H,20,21). The molecular weight excluding hydrogens is 321 g/mol. The third-order valence-corrected chi connectivity index (χ3v) is 2.58. The number of nitrogens with zero attached hydrogens (tertiary/aromatic N) is 1. The molecule has 2 N–H and O–H groups in total. The second-order valence-corrected chi connectivity index (χ2v) is 4.54. The first-order valence-electron chi connectivity index (χ1n) is 6.11. The quantitative estimate of drug-likeness (QED) is 0.847. The van der Waals surface area contributed by atoms with Gasteiger partial charge in [-0.25, -0.2) is 4.79 Å². The predicted octanol–water partition coefficient (Wildman–Crippen LogP) is 1.35.